The van der Waals surface area contributed by atoms with E-state index in [1.165, 1.54) is 5.56 Å². The van der Waals surface area contributed by atoms with Crippen molar-refractivity contribution in [2.75, 3.05) is 25.5 Å². The number of hydrogen-bond acceptors (Lipinski definition) is 5. The standard InChI is InChI=1S/C28H35N5O/c1-33(2)27-18-24(13-15-31-27)23-12-14-30-25(17-23)26(16-20-6-4-3-5-7-20)32-28(34)22-10-8-21(19-29)9-11-22/h3-7,12-15,17-18,21-22,26H,8-11,16,19,29H2,1-2H3,(H,32,34)/t21-,22-,26?. The molecule has 0 saturated heterocycles. The van der Waals surface area contributed by atoms with E-state index < -0.39 is 0 Å². The van der Waals surface area contributed by atoms with E-state index in [1.54, 1.807) is 0 Å². The van der Waals surface area contributed by atoms with Crippen LogP contribution in [0, 0.1) is 11.8 Å². The zero-order chi connectivity index (χ0) is 23.9. The van der Waals surface area contributed by atoms with Gasteiger partial charge in [-0.2, -0.15) is 0 Å². The Balaban J connectivity index is 1.58. The molecule has 1 fully saturated rings. The molecule has 0 radical (unpaired) electrons. The molecule has 2 aromatic heterocycles. The second kappa shape index (κ2) is 11.3. The minimum Gasteiger partial charge on any atom is -0.363 e. The first kappa shape index (κ1) is 23.9. The minimum atomic E-state index is -0.197. The molecule has 1 atom stereocenters. The highest BCUT2D eigenvalue weighted by molar-refractivity contribution is 5.79. The van der Waals surface area contributed by atoms with Crippen molar-refractivity contribution in [2.24, 2.45) is 17.6 Å². The van der Waals surface area contributed by atoms with Crippen molar-refractivity contribution in [3.05, 3.63) is 78.2 Å². The molecule has 0 spiro atoms. The van der Waals surface area contributed by atoms with Gasteiger partial charge in [0, 0.05) is 32.4 Å². The lowest BCUT2D eigenvalue weighted by Crippen LogP contribution is -2.37. The van der Waals surface area contributed by atoms with Gasteiger partial charge in [-0.05, 0) is 85.5 Å². The number of nitrogens with two attached hydrogens (primary N) is 1. The van der Waals surface area contributed by atoms with Crippen LogP contribution < -0.4 is 16.0 Å². The zero-order valence-corrected chi connectivity index (χ0v) is 20.2. The predicted molar refractivity (Wildman–Crippen MR) is 137 cm³/mol. The molecule has 3 aromatic rings. The first-order valence-corrected chi connectivity index (χ1v) is 12.2. The molecule has 0 aliphatic heterocycles. The largest absolute Gasteiger partial charge is 0.363 e. The molecule has 1 aliphatic rings. The van der Waals surface area contributed by atoms with E-state index in [4.69, 9.17) is 5.73 Å². The fraction of sp³-hybridized carbons (Fsp3) is 0.393. The fourth-order valence-electron chi connectivity index (χ4n) is 4.69. The summed E-state index contributed by atoms with van der Waals surface area (Å²) in [5.74, 6) is 1.63. The highest BCUT2D eigenvalue weighted by Crippen LogP contribution is 2.30. The maximum Gasteiger partial charge on any atom is 0.223 e. The Morgan fingerprint density at radius 3 is 2.35 bits per heavy atom. The van der Waals surface area contributed by atoms with Gasteiger partial charge < -0.3 is 16.0 Å². The molecule has 1 unspecified atom stereocenters. The molecule has 178 valence electrons. The maximum atomic E-state index is 13.3. The highest BCUT2D eigenvalue weighted by atomic mass is 16.1. The van der Waals surface area contributed by atoms with Gasteiger partial charge in [-0.25, -0.2) is 4.98 Å². The number of anilines is 1. The summed E-state index contributed by atoms with van der Waals surface area (Å²) in [6, 6.07) is 18.3. The van der Waals surface area contributed by atoms with E-state index >= 15 is 0 Å². The van der Waals surface area contributed by atoms with E-state index in [9.17, 15) is 4.79 Å². The predicted octanol–water partition coefficient (Wildman–Crippen LogP) is 4.37. The second-order valence-electron chi connectivity index (χ2n) is 9.47. The van der Waals surface area contributed by atoms with Crippen LogP contribution in [0.15, 0.2) is 67.0 Å². The maximum absolute atomic E-state index is 13.3. The third kappa shape index (κ3) is 6.00. The van der Waals surface area contributed by atoms with Crippen molar-refractivity contribution in [1.29, 1.82) is 0 Å². The number of benzene rings is 1. The van der Waals surface area contributed by atoms with Crippen LogP contribution in [-0.2, 0) is 11.2 Å². The third-order valence-corrected chi connectivity index (χ3v) is 6.83. The van der Waals surface area contributed by atoms with Gasteiger partial charge >= 0.3 is 0 Å². The Morgan fingerprint density at radius 2 is 1.68 bits per heavy atom. The summed E-state index contributed by atoms with van der Waals surface area (Å²) >= 11 is 0. The van der Waals surface area contributed by atoms with Crippen molar-refractivity contribution in [3.8, 4) is 11.1 Å². The lowest BCUT2D eigenvalue weighted by Gasteiger charge is -2.28. The van der Waals surface area contributed by atoms with E-state index in [1.807, 2.05) is 61.7 Å². The Kier molecular flexibility index (Phi) is 7.91. The van der Waals surface area contributed by atoms with Gasteiger partial charge in [0.25, 0.3) is 0 Å². The lowest BCUT2D eigenvalue weighted by molar-refractivity contribution is -0.127. The minimum absolute atomic E-state index is 0.0482. The van der Waals surface area contributed by atoms with Crippen LogP contribution in [0.25, 0.3) is 11.1 Å². The van der Waals surface area contributed by atoms with Gasteiger partial charge in [0.1, 0.15) is 5.82 Å². The molecular formula is C28H35N5O. The number of hydrogen-bond donors (Lipinski definition) is 2. The summed E-state index contributed by atoms with van der Waals surface area (Å²) in [4.78, 5) is 24.4. The highest BCUT2D eigenvalue weighted by Gasteiger charge is 2.28. The Morgan fingerprint density at radius 1 is 1.00 bits per heavy atom. The van der Waals surface area contributed by atoms with E-state index in [2.05, 4.69) is 39.6 Å². The van der Waals surface area contributed by atoms with E-state index in [0.717, 1.165) is 48.3 Å². The topological polar surface area (TPSA) is 84.1 Å². The first-order valence-electron chi connectivity index (χ1n) is 12.2. The van der Waals surface area contributed by atoms with Gasteiger partial charge in [0.2, 0.25) is 5.91 Å². The molecule has 3 N–H and O–H groups in total. The van der Waals surface area contributed by atoms with Gasteiger partial charge in [-0.15, -0.1) is 0 Å². The van der Waals surface area contributed by atoms with Crippen molar-refractivity contribution in [3.63, 3.8) is 0 Å². The zero-order valence-electron chi connectivity index (χ0n) is 20.2. The van der Waals surface area contributed by atoms with Crippen molar-refractivity contribution in [1.82, 2.24) is 15.3 Å². The second-order valence-corrected chi connectivity index (χ2v) is 9.47. The van der Waals surface area contributed by atoms with Gasteiger partial charge in [-0.1, -0.05) is 30.3 Å². The summed E-state index contributed by atoms with van der Waals surface area (Å²) < 4.78 is 0. The van der Waals surface area contributed by atoms with Crippen LogP contribution in [0.1, 0.15) is 43.0 Å². The first-order chi connectivity index (χ1) is 16.5. The molecule has 34 heavy (non-hydrogen) atoms. The summed E-state index contributed by atoms with van der Waals surface area (Å²) in [5.41, 5.74) is 10.0. The number of carbonyl (C=O) groups is 1. The molecule has 6 nitrogen and oxygen atoms in total. The quantitative estimate of drug-likeness (QED) is 0.525. The molecule has 1 amide bonds. The van der Waals surface area contributed by atoms with E-state index in [0.29, 0.717) is 18.9 Å². The number of aromatic nitrogens is 2. The summed E-state index contributed by atoms with van der Waals surface area (Å²) in [6.45, 7) is 0.715. The van der Waals surface area contributed by atoms with Crippen LogP contribution in [-0.4, -0.2) is 36.5 Å². The Labute approximate surface area is 202 Å². The number of amides is 1. The average Bonchev–Trinajstić information content (AvgIpc) is 2.89. The van der Waals surface area contributed by atoms with Gasteiger partial charge in [-0.3, -0.25) is 9.78 Å². The number of nitrogens with one attached hydrogen (secondary N) is 1. The number of carbonyl (C=O) groups excluding carboxylic acids is 1. The van der Waals surface area contributed by atoms with Crippen LogP contribution in [0.3, 0.4) is 0 Å². The summed E-state index contributed by atoms with van der Waals surface area (Å²) in [6.07, 6.45) is 8.22. The SMILES string of the molecule is CN(C)c1cc(-c2ccnc(C(Cc3ccccc3)NC(=O)[C@H]3CC[C@H](CN)CC3)c2)ccn1. The average molecular weight is 458 g/mol. The summed E-state index contributed by atoms with van der Waals surface area (Å²) in [7, 11) is 3.97. The van der Waals surface area contributed by atoms with Crippen LogP contribution in [0.4, 0.5) is 5.82 Å². The van der Waals surface area contributed by atoms with Crippen LogP contribution in [0.2, 0.25) is 0 Å². The normalized spacial score (nSPS) is 18.8. The molecule has 1 aromatic carbocycles. The van der Waals surface area contributed by atoms with Gasteiger partial charge in [0.05, 0.1) is 11.7 Å². The van der Waals surface area contributed by atoms with Gasteiger partial charge in [0.15, 0.2) is 0 Å². The van der Waals surface area contributed by atoms with Crippen molar-refractivity contribution < 1.29 is 4.79 Å². The van der Waals surface area contributed by atoms with Crippen LogP contribution >= 0.6 is 0 Å². The van der Waals surface area contributed by atoms with Crippen LogP contribution in [0.5, 0.6) is 0 Å². The molecule has 6 heteroatoms. The molecule has 2 heterocycles. The fourth-order valence-corrected chi connectivity index (χ4v) is 4.69. The van der Waals surface area contributed by atoms with E-state index in [-0.39, 0.29) is 17.9 Å². The number of pyridine rings is 2. The summed E-state index contributed by atoms with van der Waals surface area (Å²) in [5, 5.41) is 3.34. The van der Waals surface area contributed by atoms with Crippen molar-refractivity contribution in [2.45, 2.75) is 38.1 Å². The molecular weight excluding hydrogens is 422 g/mol. The molecule has 1 aliphatic carbocycles. The monoisotopic (exact) mass is 457 g/mol. The van der Waals surface area contributed by atoms with Crippen molar-refractivity contribution >= 4 is 11.7 Å². The third-order valence-electron chi connectivity index (χ3n) is 6.83. The molecule has 1 saturated carbocycles. The lowest BCUT2D eigenvalue weighted by atomic mass is 9.81. The Bertz CT molecular complexity index is 1080. The molecule has 4 rings (SSSR count). The number of nitrogens with zero attached hydrogens (tertiary/aromatic N) is 3. The number of rotatable bonds is 8. The molecule has 0 bridgehead atoms. The Hall–Kier alpha value is -3.25. The smallest absolute Gasteiger partial charge is 0.223 e.